The molecule has 0 aliphatic carbocycles. The molecule has 82 valence electrons. The molecule has 0 spiro atoms. The van der Waals surface area contributed by atoms with Crippen LogP contribution in [0.4, 0.5) is 0 Å². The van der Waals surface area contributed by atoms with E-state index in [1.807, 2.05) is 0 Å². The first-order valence-corrected chi connectivity index (χ1v) is 5.34. The molecule has 1 saturated heterocycles. The monoisotopic (exact) mass is 208 g/mol. The average Bonchev–Trinajstić information content (AvgIpc) is 2.29. The number of pyridine rings is 1. The van der Waals surface area contributed by atoms with E-state index in [-0.39, 0.29) is 5.75 Å². The van der Waals surface area contributed by atoms with Gasteiger partial charge in [0.1, 0.15) is 0 Å². The predicted octanol–water partition coefficient (Wildman–Crippen LogP) is 1.17. The van der Waals surface area contributed by atoms with Crippen molar-refractivity contribution >= 4 is 0 Å². The van der Waals surface area contributed by atoms with E-state index < -0.39 is 0 Å². The summed E-state index contributed by atoms with van der Waals surface area (Å²) in [5.74, 6) is 0.976. The van der Waals surface area contributed by atoms with Crippen LogP contribution in [0.5, 0.6) is 11.6 Å². The highest BCUT2D eigenvalue weighted by Gasteiger charge is 2.14. The van der Waals surface area contributed by atoms with E-state index in [1.54, 1.807) is 18.3 Å². The summed E-state index contributed by atoms with van der Waals surface area (Å²) < 4.78 is 5.48. The molecule has 1 aromatic heterocycles. The highest BCUT2D eigenvalue weighted by atomic mass is 16.5. The molecular formula is C11H16N2O2. The SMILES string of the molecule is Oc1cccnc1OC[C@H]1CCCNC1. The van der Waals surface area contributed by atoms with Crippen molar-refractivity contribution in [2.24, 2.45) is 5.92 Å². The lowest BCUT2D eigenvalue weighted by Crippen LogP contribution is -2.33. The smallest absolute Gasteiger partial charge is 0.256 e. The third-order valence-corrected chi connectivity index (χ3v) is 2.61. The van der Waals surface area contributed by atoms with Crippen molar-refractivity contribution in [2.75, 3.05) is 19.7 Å². The largest absolute Gasteiger partial charge is 0.503 e. The molecule has 0 radical (unpaired) electrons. The first-order chi connectivity index (χ1) is 7.36. The van der Waals surface area contributed by atoms with Gasteiger partial charge >= 0.3 is 0 Å². The Morgan fingerprint density at radius 1 is 1.60 bits per heavy atom. The molecule has 1 aliphatic heterocycles. The Labute approximate surface area is 89.3 Å². The maximum absolute atomic E-state index is 9.44. The minimum Gasteiger partial charge on any atom is -0.503 e. The van der Waals surface area contributed by atoms with Crippen LogP contribution in [0.2, 0.25) is 0 Å². The summed E-state index contributed by atoms with van der Waals surface area (Å²) in [6.45, 7) is 2.72. The Hall–Kier alpha value is -1.29. The molecule has 15 heavy (non-hydrogen) atoms. The van der Waals surface area contributed by atoms with Gasteiger partial charge in [0.05, 0.1) is 6.61 Å². The molecule has 2 rings (SSSR count). The van der Waals surface area contributed by atoms with Crippen LogP contribution in [-0.2, 0) is 0 Å². The molecule has 1 fully saturated rings. The number of ether oxygens (including phenoxy) is 1. The lowest BCUT2D eigenvalue weighted by Gasteiger charge is -2.22. The number of hydrogen-bond acceptors (Lipinski definition) is 4. The summed E-state index contributed by atoms with van der Waals surface area (Å²) in [4.78, 5) is 3.97. The highest BCUT2D eigenvalue weighted by molar-refractivity contribution is 5.30. The Morgan fingerprint density at radius 3 is 3.27 bits per heavy atom. The van der Waals surface area contributed by atoms with Crippen LogP contribution in [0.3, 0.4) is 0 Å². The van der Waals surface area contributed by atoms with Crippen molar-refractivity contribution < 1.29 is 9.84 Å². The van der Waals surface area contributed by atoms with Crippen LogP contribution >= 0.6 is 0 Å². The number of aromatic hydroxyl groups is 1. The topological polar surface area (TPSA) is 54.4 Å². The molecule has 0 saturated carbocycles. The first-order valence-electron chi connectivity index (χ1n) is 5.34. The summed E-state index contributed by atoms with van der Waals surface area (Å²) in [7, 11) is 0. The van der Waals surface area contributed by atoms with Gasteiger partial charge in [-0.05, 0) is 31.5 Å². The molecule has 0 amide bonds. The summed E-state index contributed by atoms with van der Waals surface area (Å²) in [5.41, 5.74) is 0. The van der Waals surface area contributed by atoms with E-state index in [4.69, 9.17) is 4.74 Å². The van der Waals surface area contributed by atoms with E-state index in [1.165, 1.54) is 12.8 Å². The number of aromatic nitrogens is 1. The highest BCUT2D eigenvalue weighted by Crippen LogP contribution is 2.22. The molecule has 0 unspecified atom stereocenters. The minimum atomic E-state index is 0.112. The Morgan fingerprint density at radius 2 is 2.53 bits per heavy atom. The molecule has 1 aromatic rings. The van der Waals surface area contributed by atoms with Crippen molar-refractivity contribution in [1.29, 1.82) is 0 Å². The summed E-state index contributed by atoms with van der Waals surface area (Å²) in [6.07, 6.45) is 4.00. The van der Waals surface area contributed by atoms with Crippen molar-refractivity contribution in [2.45, 2.75) is 12.8 Å². The van der Waals surface area contributed by atoms with E-state index >= 15 is 0 Å². The van der Waals surface area contributed by atoms with E-state index in [2.05, 4.69) is 10.3 Å². The van der Waals surface area contributed by atoms with Gasteiger partial charge in [0, 0.05) is 18.7 Å². The molecule has 4 heteroatoms. The van der Waals surface area contributed by atoms with Crippen LogP contribution in [0.25, 0.3) is 0 Å². The van der Waals surface area contributed by atoms with E-state index in [9.17, 15) is 5.11 Å². The second-order valence-electron chi connectivity index (χ2n) is 3.85. The van der Waals surface area contributed by atoms with Gasteiger partial charge in [-0.3, -0.25) is 0 Å². The normalized spacial score (nSPS) is 21.2. The standard InChI is InChI=1S/C11H16N2O2/c14-10-4-2-6-13-11(10)15-8-9-3-1-5-12-7-9/h2,4,6,9,12,14H,1,3,5,7-8H2/t9-/m0/s1. The van der Waals surface area contributed by atoms with Crippen LogP contribution in [-0.4, -0.2) is 29.8 Å². The van der Waals surface area contributed by atoms with E-state index in [0.717, 1.165) is 13.1 Å². The number of hydrogen-bond donors (Lipinski definition) is 2. The molecular weight excluding hydrogens is 192 g/mol. The maximum Gasteiger partial charge on any atom is 0.256 e. The summed E-state index contributed by atoms with van der Waals surface area (Å²) >= 11 is 0. The third kappa shape index (κ3) is 2.83. The van der Waals surface area contributed by atoms with Crippen LogP contribution in [0.15, 0.2) is 18.3 Å². The molecule has 1 atom stereocenters. The number of piperidine rings is 1. The first kappa shape index (κ1) is 10.2. The van der Waals surface area contributed by atoms with Crippen molar-refractivity contribution in [3.8, 4) is 11.6 Å². The number of nitrogens with zero attached hydrogens (tertiary/aromatic N) is 1. The van der Waals surface area contributed by atoms with Crippen LogP contribution in [0, 0.1) is 5.92 Å². The average molecular weight is 208 g/mol. The number of rotatable bonds is 3. The van der Waals surface area contributed by atoms with Gasteiger partial charge in [-0.15, -0.1) is 0 Å². The summed E-state index contributed by atoms with van der Waals surface area (Å²) in [6, 6.07) is 3.27. The third-order valence-electron chi connectivity index (χ3n) is 2.61. The second-order valence-corrected chi connectivity index (χ2v) is 3.85. The molecule has 2 N–H and O–H groups in total. The molecule has 2 heterocycles. The quantitative estimate of drug-likeness (QED) is 0.782. The fraction of sp³-hybridized carbons (Fsp3) is 0.545. The van der Waals surface area contributed by atoms with Gasteiger partial charge in [0.25, 0.3) is 5.88 Å². The zero-order valence-corrected chi connectivity index (χ0v) is 8.65. The fourth-order valence-electron chi connectivity index (χ4n) is 1.76. The lowest BCUT2D eigenvalue weighted by molar-refractivity contribution is 0.205. The van der Waals surface area contributed by atoms with Crippen molar-refractivity contribution in [3.63, 3.8) is 0 Å². The van der Waals surface area contributed by atoms with Crippen molar-refractivity contribution in [1.82, 2.24) is 10.3 Å². The van der Waals surface area contributed by atoms with Gasteiger partial charge in [-0.25, -0.2) is 4.98 Å². The van der Waals surface area contributed by atoms with Gasteiger partial charge in [-0.1, -0.05) is 0 Å². The van der Waals surface area contributed by atoms with E-state index in [0.29, 0.717) is 18.4 Å². The fourth-order valence-corrected chi connectivity index (χ4v) is 1.76. The Balaban J connectivity index is 1.84. The molecule has 0 bridgehead atoms. The maximum atomic E-state index is 9.44. The molecule has 4 nitrogen and oxygen atoms in total. The van der Waals surface area contributed by atoms with Crippen molar-refractivity contribution in [3.05, 3.63) is 18.3 Å². The zero-order valence-electron chi connectivity index (χ0n) is 8.65. The van der Waals surface area contributed by atoms with Crippen LogP contribution < -0.4 is 10.1 Å². The Kier molecular flexibility index (Phi) is 3.40. The molecule has 0 aromatic carbocycles. The summed E-state index contributed by atoms with van der Waals surface area (Å²) in [5, 5.41) is 12.8. The lowest BCUT2D eigenvalue weighted by atomic mass is 10.0. The zero-order chi connectivity index (χ0) is 10.5. The van der Waals surface area contributed by atoms with Gasteiger partial charge < -0.3 is 15.2 Å². The van der Waals surface area contributed by atoms with Gasteiger partial charge in [0.15, 0.2) is 5.75 Å². The second kappa shape index (κ2) is 4.98. The van der Waals surface area contributed by atoms with Crippen LogP contribution in [0.1, 0.15) is 12.8 Å². The molecule has 1 aliphatic rings. The number of nitrogens with one attached hydrogen (secondary N) is 1. The van der Waals surface area contributed by atoms with Gasteiger partial charge in [0.2, 0.25) is 0 Å². The van der Waals surface area contributed by atoms with Gasteiger partial charge in [-0.2, -0.15) is 0 Å². The minimum absolute atomic E-state index is 0.112. The predicted molar refractivity (Wildman–Crippen MR) is 57.0 cm³/mol. The Bertz CT molecular complexity index is 311.